The van der Waals surface area contributed by atoms with Crippen LogP contribution in [-0.2, 0) is 25.7 Å². The van der Waals surface area contributed by atoms with Crippen molar-refractivity contribution in [3.63, 3.8) is 0 Å². The van der Waals surface area contributed by atoms with Gasteiger partial charge >= 0.3 is 0 Å². The number of nitrogens with one attached hydrogen (secondary N) is 3. The number of imidazole rings is 1. The Morgan fingerprint density at radius 1 is 0.939 bits per heavy atom. The van der Waals surface area contributed by atoms with Gasteiger partial charge in [0.1, 0.15) is 11.5 Å². The molecule has 6 heteroatoms. The fourth-order valence-corrected chi connectivity index (χ4v) is 4.63. The third-order valence-electron chi connectivity index (χ3n) is 6.28. The molecule has 5 aromatic rings. The number of benzene rings is 3. The van der Waals surface area contributed by atoms with Crippen molar-refractivity contribution in [2.45, 2.75) is 25.7 Å². The summed E-state index contributed by atoms with van der Waals surface area (Å²) in [5, 5.41) is 10.5. The third kappa shape index (κ3) is 3.69. The van der Waals surface area contributed by atoms with Gasteiger partial charge in [0.15, 0.2) is 0 Å². The smallest absolute Gasteiger partial charge is 0.273 e. The van der Waals surface area contributed by atoms with Crippen LogP contribution in [0.2, 0.25) is 0 Å². The van der Waals surface area contributed by atoms with Crippen molar-refractivity contribution in [2.75, 3.05) is 5.32 Å². The second-order valence-corrected chi connectivity index (χ2v) is 8.44. The van der Waals surface area contributed by atoms with Crippen molar-refractivity contribution < 1.29 is 4.79 Å². The zero-order valence-corrected chi connectivity index (χ0v) is 18.1. The van der Waals surface area contributed by atoms with Crippen LogP contribution < -0.4 is 5.32 Å². The summed E-state index contributed by atoms with van der Waals surface area (Å²) < 4.78 is 0. The molecule has 0 bridgehead atoms. The number of carbonyl (C=O) groups excluding carboxylic acids is 1. The summed E-state index contributed by atoms with van der Waals surface area (Å²) in [6, 6.07) is 24.3. The van der Waals surface area contributed by atoms with Crippen LogP contribution >= 0.6 is 0 Å². The first-order chi connectivity index (χ1) is 16.2. The van der Waals surface area contributed by atoms with E-state index in [1.54, 1.807) is 0 Å². The number of hydrogen-bond donors (Lipinski definition) is 3. The minimum absolute atomic E-state index is 0.155. The average molecular weight is 434 g/mol. The minimum atomic E-state index is -0.155. The molecule has 0 fully saturated rings. The van der Waals surface area contributed by atoms with Crippen molar-refractivity contribution in [1.29, 1.82) is 0 Å². The Morgan fingerprint density at radius 3 is 2.76 bits per heavy atom. The van der Waals surface area contributed by atoms with Crippen LogP contribution in [0, 0.1) is 0 Å². The molecule has 0 spiro atoms. The van der Waals surface area contributed by atoms with Gasteiger partial charge in [-0.25, -0.2) is 4.98 Å². The number of carbonyl (C=O) groups is 1. The van der Waals surface area contributed by atoms with Crippen LogP contribution in [0.3, 0.4) is 0 Å². The van der Waals surface area contributed by atoms with Gasteiger partial charge in [0.05, 0.1) is 16.7 Å². The van der Waals surface area contributed by atoms with Gasteiger partial charge in [-0.15, -0.1) is 0 Å². The predicted molar refractivity (Wildman–Crippen MR) is 129 cm³/mol. The second kappa shape index (κ2) is 8.06. The lowest BCUT2D eigenvalue weighted by atomic mass is 9.89. The standard InChI is InChI=1S/C27H23N5O/c33-27(26-21-14-13-18-7-1-2-9-20(18)25(21)31-32-26)28-19-8-5-6-17(16-19)12-15-24-29-22-10-3-4-11-23(22)30-24/h1-11,16H,12-15H2,(H,28,33)(H,29,30)(H,31,32). The van der Waals surface area contributed by atoms with E-state index in [0.29, 0.717) is 5.69 Å². The van der Waals surface area contributed by atoms with Gasteiger partial charge in [-0.2, -0.15) is 5.10 Å². The molecule has 2 heterocycles. The summed E-state index contributed by atoms with van der Waals surface area (Å²) in [7, 11) is 0. The molecular formula is C27H23N5O. The molecule has 1 aliphatic rings. The molecule has 1 amide bonds. The first-order valence-corrected chi connectivity index (χ1v) is 11.2. The van der Waals surface area contributed by atoms with Crippen molar-refractivity contribution in [3.8, 4) is 11.3 Å². The van der Waals surface area contributed by atoms with Crippen LogP contribution in [0.15, 0.2) is 72.8 Å². The number of aromatic nitrogens is 4. The summed E-state index contributed by atoms with van der Waals surface area (Å²) in [6.07, 6.45) is 3.36. The lowest BCUT2D eigenvalue weighted by Crippen LogP contribution is -2.16. The van der Waals surface area contributed by atoms with Gasteiger partial charge < -0.3 is 10.3 Å². The summed E-state index contributed by atoms with van der Waals surface area (Å²) in [5.74, 6) is 0.813. The molecule has 0 saturated carbocycles. The number of fused-ring (bicyclic) bond motifs is 4. The monoisotopic (exact) mass is 433 g/mol. The van der Waals surface area contributed by atoms with Crippen molar-refractivity contribution >= 4 is 22.6 Å². The topological polar surface area (TPSA) is 86.5 Å². The van der Waals surface area contributed by atoms with Gasteiger partial charge in [-0.1, -0.05) is 48.5 Å². The average Bonchev–Trinajstić information content (AvgIpc) is 3.47. The Kier molecular flexibility index (Phi) is 4.76. The van der Waals surface area contributed by atoms with E-state index in [1.165, 1.54) is 5.56 Å². The molecule has 0 radical (unpaired) electrons. The fraction of sp³-hybridized carbons (Fsp3) is 0.148. The second-order valence-electron chi connectivity index (χ2n) is 8.44. The lowest BCUT2D eigenvalue weighted by molar-refractivity contribution is 0.102. The molecule has 2 aromatic heterocycles. The summed E-state index contributed by atoms with van der Waals surface area (Å²) in [5.41, 5.74) is 8.79. The number of anilines is 1. The molecular weight excluding hydrogens is 410 g/mol. The molecule has 0 aliphatic heterocycles. The zero-order chi connectivity index (χ0) is 22.2. The van der Waals surface area contributed by atoms with E-state index in [2.05, 4.69) is 43.7 Å². The van der Waals surface area contributed by atoms with Crippen LogP contribution in [0.25, 0.3) is 22.3 Å². The molecule has 6 rings (SSSR count). The quantitative estimate of drug-likeness (QED) is 0.361. The number of nitrogens with zero attached hydrogens (tertiary/aromatic N) is 2. The number of H-pyrrole nitrogens is 2. The van der Waals surface area contributed by atoms with Gasteiger partial charge in [-0.05, 0) is 54.7 Å². The number of amides is 1. The molecule has 6 nitrogen and oxygen atoms in total. The molecule has 0 saturated heterocycles. The van der Waals surface area contributed by atoms with Gasteiger partial charge in [-0.3, -0.25) is 9.89 Å². The number of aryl methyl sites for hydroxylation is 3. The van der Waals surface area contributed by atoms with Crippen molar-refractivity contribution in [1.82, 2.24) is 20.2 Å². The summed E-state index contributed by atoms with van der Waals surface area (Å²) >= 11 is 0. The number of aromatic amines is 2. The predicted octanol–water partition coefficient (Wildman–Crippen LogP) is 5.09. The largest absolute Gasteiger partial charge is 0.342 e. The van der Waals surface area contributed by atoms with E-state index < -0.39 is 0 Å². The minimum Gasteiger partial charge on any atom is -0.342 e. The van der Waals surface area contributed by atoms with Crippen LogP contribution in [-0.4, -0.2) is 26.1 Å². The molecule has 0 atom stereocenters. The number of rotatable bonds is 5. The Bertz CT molecular complexity index is 1450. The highest BCUT2D eigenvalue weighted by Crippen LogP contribution is 2.33. The first-order valence-electron chi connectivity index (χ1n) is 11.2. The number of hydrogen-bond acceptors (Lipinski definition) is 3. The Hall–Kier alpha value is -4.19. The SMILES string of the molecule is O=C(Nc1cccc(CCc2nc3ccccc3[nH]2)c1)c1[nH]nc2c1CCc1ccccc1-2. The van der Waals surface area contributed by atoms with Crippen LogP contribution in [0.1, 0.15) is 33.0 Å². The van der Waals surface area contributed by atoms with Crippen LogP contribution in [0.4, 0.5) is 5.69 Å². The summed E-state index contributed by atoms with van der Waals surface area (Å²) in [6.45, 7) is 0. The highest BCUT2D eigenvalue weighted by atomic mass is 16.1. The van der Waals surface area contributed by atoms with Gasteiger partial charge in [0.25, 0.3) is 5.91 Å². The molecule has 1 aliphatic carbocycles. The van der Waals surface area contributed by atoms with E-state index in [4.69, 9.17) is 0 Å². The van der Waals surface area contributed by atoms with E-state index in [-0.39, 0.29) is 5.91 Å². The van der Waals surface area contributed by atoms with Crippen LogP contribution in [0.5, 0.6) is 0 Å². The lowest BCUT2D eigenvalue weighted by Gasteiger charge is -2.15. The highest BCUT2D eigenvalue weighted by Gasteiger charge is 2.25. The van der Waals surface area contributed by atoms with Crippen molar-refractivity contribution in [2.24, 2.45) is 0 Å². The Balaban J connectivity index is 1.17. The molecule has 3 aromatic carbocycles. The third-order valence-corrected chi connectivity index (χ3v) is 6.28. The molecule has 3 N–H and O–H groups in total. The van der Waals surface area contributed by atoms with E-state index >= 15 is 0 Å². The number of para-hydroxylation sites is 2. The van der Waals surface area contributed by atoms with E-state index in [9.17, 15) is 4.79 Å². The maximum atomic E-state index is 13.1. The van der Waals surface area contributed by atoms with E-state index in [1.807, 2.05) is 54.6 Å². The zero-order valence-electron chi connectivity index (χ0n) is 18.1. The maximum absolute atomic E-state index is 13.1. The van der Waals surface area contributed by atoms with Gasteiger partial charge in [0, 0.05) is 23.2 Å². The van der Waals surface area contributed by atoms with E-state index in [0.717, 1.165) is 70.6 Å². The van der Waals surface area contributed by atoms with Crippen molar-refractivity contribution in [3.05, 3.63) is 101 Å². The Morgan fingerprint density at radius 2 is 1.82 bits per heavy atom. The first kappa shape index (κ1) is 19.5. The summed E-state index contributed by atoms with van der Waals surface area (Å²) in [4.78, 5) is 21.1. The Labute approximate surface area is 191 Å². The highest BCUT2D eigenvalue weighted by molar-refractivity contribution is 6.05. The molecule has 0 unspecified atom stereocenters. The molecule has 162 valence electrons. The van der Waals surface area contributed by atoms with Gasteiger partial charge in [0.2, 0.25) is 0 Å². The molecule has 33 heavy (non-hydrogen) atoms. The fourth-order valence-electron chi connectivity index (χ4n) is 4.63. The maximum Gasteiger partial charge on any atom is 0.273 e. The normalized spacial score (nSPS) is 12.4.